The van der Waals surface area contributed by atoms with Crippen molar-refractivity contribution in [2.75, 3.05) is 12.4 Å². The third kappa shape index (κ3) is 1.01. The van der Waals surface area contributed by atoms with Crippen LogP contribution < -0.4 is 5.32 Å². The summed E-state index contributed by atoms with van der Waals surface area (Å²) < 4.78 is 1.77. The van der Waals surface area contributed by atoms with Crippen molar-refractivity contribution >= 4 is 11.5 Å². The zero-order valence-corrected chi connectivity index (χ0v) is 7.07. The van der Waals surface area contributed by atoms with Crippen molar-refractivity contribution in [3.63, 3.8) is 0 Å². The normalized spacial score (nSPS) is 10.5. The fraction of sp³-hybridized carbons (Fsp3) is 0.250. The van der Waals surface area contributed by atoms with Crippen LogP contribution in [0.5, 0.6) is 0 Å². The molecule has 2 aromatic heterocycles. The lowest BCUT2D eigenvalue weighted by Crippen LogP contribution is -1.91. The fourth-order valence-corrected chi connectivity index (χ4v) is 1.10. The Kier molecular flexibility index (Phi) is 1.46. The zero-order valence-electron chi connectivity index (χ0n) is 7.07. The van der Waals surface area contributed by atoms with E-state index in [9.17, 15) is 0 Å². The van der Waals surface area contributed by atoms with Gasteiger partial charge in [0.15, 0.2) is 5.65 Å². The molecule has 4 nitrogen and oxygen atoms in total. The first-order valence-electron chi connectivity index (χ1n) is 3.80. The number of nitrogens with one attached hydrogen (secondary N) is 1. The largest absolute Gasteiger partial charge is 0.372 e. The zero-order chi connectivity index (χ0) is 8.55. The summed E-state index contributed by atoms with van der Waals surface area (Å²) in [7, 11) is 1.84. The Bertz CT molecular complexity index is 404. The molecule has 4 heteroatoms. The number of anilines is 1. The van der Waals surface area contributed by atoms with Gasteiger partial charge in [-0.2, -0.15) is 5.10 Å². The van der Waals surface area contributed by atoms with Crippen molar-refractivity contribution in [3.8, 4) is 0 Å². The summed E-state index contributed by atoms with van der Waals surface area (Å²) in [5.74, 6) is 0.841. The number of aromatic nitrogens is 3. The van der Waals surface area contributed by atoms with E-state index in [1.54, 1.807) is 4.52 Å². The summed E-state index contributed by atoms with van der Waals surface area (Å²) in [5.41, 5.74) is 1.85. The predicted molar refractivity (Wildman–Crippen MR) is 47.3 cm³/mol. The van der Waals surface area contributed by atoms with Gasteiger partial charge >= 0.3 is 0 Å². The molecule has 0 amide bonds. The smallest absolute Gasteiger partial charge is 0.156 e. The van der Waals surface area contributed by atoms with Crippen molar-refractivity contribution in [2.24, 2.45) is 0 Å². The molecule has 0 atom stereocenters. The van der Waals surface area contributed by atoms with Crippen molar-refractivity contribution in [1.82, 2.24) is 14.6 Å². The summed E-state index contributed by atoms with van der Waals surface area (Å²) in [6, 6.07) is 3.89. The van der Waals surface area contributed by atoms with E-state index in [-0.39, 0.29) is 0 Å². The van der Waals surface area contributed by atoms with Gasteiger partial charge in [-0.1, -0.05) is 0 Å². The lowest BCUT2D eigenvalue weighted by molar-refractivity contribution is 0.901. The lowest BCUT2D eigenvalue weighted by Gasteiger charge is -1.91. The van der Waals surface area contributed by atoms with Crippen LogP contribution in [0.3, 0.4) is 0 Å². The van der Waals surface area contributed by atoms with Crippen LogP contribution in [0.1, 0.15) is 5.69 Å². The van der Waals surface area contributed by atoms with Crippen molar-refractivity contribution in [1.29, 1.82) is 0 Å². The molecule has 0 aliphatic heterocycles. The van der Waals surface area contributed by atoms with Crippen LogP contribution in [0, 0.1) is 6.92 Å². The quantitative estimate of drug-likeness (QED) is 0.682. The summed E-state index contributed by atoms with van der Waals surface area (Å²) in [4.78, 5) is 4.26. The second-order valence-electron chi connectivity index (χ2n) is 2.65. The number of imidazole rings is 1. The van der Waals surface area contributed by atoms with E-state index >= 15 is 0 Å². The minimum absolute atomic E-state index is 0.841. The molecule has 0 unspecified atom stereocenters. The van der Waals surface area contributed by atoms with Gasteiger partial charge in [-0.05, 0) is 19.1 Å². The van der Waals surface area contributed by atoms with Crippen LogP contribution in [0.15, 0.2) is 18.3 Å². The van der Waals surface area contributed by atoms with Gasteiger partial charge in [-0.3, -0.25) is 0 Å². The molecular formula is C8H10N4. The topological polar surface area (TPSA) is 42.2 Å². The molecule has 0 bridgehead atoms. The average molecular weight is 162 g/mol. The van der Waals surface area contributed by atoms with Crippen LogP contribution in [0.25, 0.3) is 5.65 Å². The van der Waals surface area contributed by atoms with Crippen molar-refractivity contribution in [2.45, 2.75) is 6.92 Å². The van der Waals surface area contributed by atoms with E-state index in [1.165, 1.54) is 0 Å². The molecule has 0 saturated carbocycles. The summed E-state index contributed by atoms with van der Waals surface area (Å²) in [6.45, 7) is 1.96. The van der Waals surface area contributed by atoms with E-state index in [0.717, 1.165) is 17.2 Å². The third-order valence-electron chi connectivity index (χ3n) is 1.71. The van der Waals surface area contributed by atoms with E-state index in [2.05, 4.69) is 15.4 Å². The van der Waals surface area contributed by atoms with Gasteiger partial charge in [0, 0.05) is 7.05 Å². The number of hydrogen-bond acceptors (Lipinski definition) is 3. The second-order valence-corrected chi connectivity index (χ2v) is 2.65. The first-order chi connectivity index (χ1) is 5.79. The SMILES string of the molecule is CNc1cn2nc(C)ccc2n1. The summed E-state index contributed by atoms with van der Waals surface area (Å²) in [5, 5.41) is 7.22. The van der Waals surface area contributed by atoms with Crippen molar-refractivity contribution in [3.05, 3.63) is 24.0 Å². The average Bonchev–Trinajstić information content (AvgIpc) is 2.46. The van der Waals surface area contributed by atoms with Gasteiger partial charge in [0.05, 0.1) is 11.9 Å². The molecule has 2 aromatic rings. The molecule has 2 heterocycles. The van der Waals surface area contributed by atoms with Crippen molar-refractivity contribution < 1.29 is 0 Å². The highest BCUT2D eigenvalue weighted by molar-refractivity contribution is 5.47. The molecular weight excluding hydrogens is 152 g/mol. The van der Waals surface area contributed by atoms with Gasteiger partial charge in [-0.15, -0.1) is 0 Å². The molecule has 0 aliphatic carbocycles. The molecule has 0 radical (unpaired) electrons. The van der Waals surface area contributed by atoms with Gasteiger partial charge in [0.1, 0.15) is 5.82 Å². The highest BCUT2D eigenvalue weighted by atomic mass is 15.3. The molecule has 0 fully saturated rings. The summed E-state index contributed by atoms with van der Waals surface area (Å²) in [6.07, 6.45) is 1.86. The first-order valence-corrected chi connectivity index (χ1v) is 3.80. The summed E-state index contributed by atoms with van der Waals surface area (Å²) >= 11 is 0. The molecule has 0 saturated heterocycles. The van der Waals surface area contributed by atoms with Gasteiger partial charge in [0.25, 0.3) is 0 Å². The maximum absolute atomic E-state index is 4.26. The number of hydrogen-bond donors (Lipinski definition) is 1. The standard InChI is InChI=1S/C8H10N4/c1-6-3-4-8-10-7(9-2)5-12(8)11-6/h3-5,9H,1-2H3. The molecule has 2 rings (SSSR count). The van der Waals surface area contributed by atoms with E-state index in [4.69, 9.17) is 0 Å². The maximum atomic E-state index is 4.26. The fourth-order valence-electron chi connectivity index (χ4n) is 1.10. The Labute approximate surface area is 70.2 Å². The molecule has 12 heavy (non-hydrogen) atoms. The monoisotopic (exact) mass is 162 g/mol. The van der Waals surface area contributed by atoms with Gasteiger partial charge < -0.3 is 5.32 Å². The number of nitrogens with zero attached hydrogens (tertiary/aromatic N) is 3. The van der Waals surface area contributed by atoms with Crippen LogP contribution >= 0.6 is 0 Å². The highest BCUT2D eigenvalue weighted by Crippen LogP contribution is 2.07. The molecule has 0 aliphatic rings. The molecule has 0 aromatic carbocycles. The molecule has 1 N–H and O–H groups in total. The van der Waals surface area contributed by atoms with E-state index in [0.29, 0.717) is 0 Å². The molecule has 62 valence electrons. The Balaban J connectivity index is 2.67. The minimum atomic E-state index is 0.841. The van der Waals surface area contributed by atoms with E-state index < -0.39 is 0 Å². The Morgan fingerprint density at radius 2 is 2.25 bits per heavy atom. The number of fused-ring (bicyclic) bond motifs is 1. The van der Waals surface area contributed by atoms with Crippen LogP contribution in [-0.4, -0.2) is 21.6 Å². The second kappa shape index (κ2) is 2.48. The van der Waals surface area contributed by atoms with Crippen LogP contribution in [-0.2, 0) is 0 Å². The highest BCUT2D eigenvalue weighted by Gasteiger charge is 1.98. The number of rotatable bonds is 1. The van der Waals surface area contributed by atoms with E-state index in [1.807, 2.05) is 32.3 Å². The maximum Gasteiger partial charge on any atom is 0.156 e. The molecule has 0 spiro atoms. The van der Waals surface area contributed by atoms with Gasteiger partial charge in [0.2, 0.25) is 0 Å². The predicted octanol–water partition coefficient (Wildman–Crippen LogP) is 1.08. The van der Waals surface area contributed by atoms with Crippen LogP contribution in [0.2, 0.25) is 0 Å². The Hall–Kier alpha value is -1.58. The van der Waals surface area contributed by atoms with Crippen LogP contribution in [0.4, 0.5) is 5.82 Å². The lowest BCUT2D eigenvalue weighted by atomic mass is 10.4. The number of aryl methyl sites for hydroxylation is 1. The first kappa shape index (κ1) is 7.09. The Morgan fingerprint density at radius 1 is 1.42 bits per heavy atom. The third-order valence-corrected chi connectivity index (χ3v) is 1.71. The Morgan fingerprint density at radius 3 is 3.00 bits per heavy atom. The minimum Gasteiger partial charge on any atom is -0.372 e. The van der Waals surface area contributed by atoms with Gasteiger partial charge in [-0.25, -0.2) is 9.50 Å².